The number of methoxy groups -OCH3 is 1. The summed E-state index contributed by atoms with van der Waals surface area (Å²) in [5, 5.41) is 5.84. The van der Waals surface area contributed by atoms with Crippen LogP contribution in [0, 0.1) is 6.92 Å². The van der Waals surface area contributed by atoms with E-state index in [-0.39, 0.29) is 31.0 Å². The maximum absolute atomic E-state index is 11.7. The number of benzene rings is 1. The number of amides is 1. The molecule has 0 radical (unpaired) electrons. The maximum Gasteiger partial charge on any atom is 0.238 e. The van der Waals surface area contributed by atoms with Crippen LogP contribution in [0.1, 0.15) is 19.4 Å². The lowest BCUT2D eigenvalue weighted by molar-refractivity contribution is -0.115. The van der Waals surface area contributed by atoms with Gasteiger partial charge in [-0.3, -0.25) is 4.79 Å². The van der Waals surface area contributed by atoms with Crippen LogP contribution >= 0.6 is 12.4 Å². The van der Waals surface area contributed by atoms with Crippen molar-refractivity contribution in [3.63, 3.8) is 0 Å². The predicted molar refractivity (Wildman–Crippen MR) is 87.6 cm³/mol. The Labute approximate surface area is 132 Å². The van der Waals surface area contributed by atoms with Gasteiger partial charge in [0.2, 0.25) is 5.91 Å². The van der Waals surface area contributed by atoms with Crippen molar-refractivity contribution < 1.29 is 14.3 Å². The highest BCUT2D eigenvalue weighted by molar-refractivity contribution is 5.92. The fourth-order valence-electron chi connectivity index (χ4n) is 1.69. The highest BCUT2D eigenvalue weighted by Gasteiger charge is 2.06. The number of hydrogen-bond acceptors (Lipinski definition) is 4. The van der Waals surface area contributed by atoms with E-state index >= 15 is 0 Å². The molecule has 21 heavy (non-hydrogen) atoms. The molecule has 0 heterocycles. The molecule has 1 aromatic carbocycles. The van der Waals surface area contributed by atoms with Crippen molar-refractivity contribution in [2.45, 2.75) is 26.9 Å². The van der Waals surface area contributed by atoms with E-state index in [4.69, 9.17) is 9.47 Å². The highest BCUT2D eigenvalue weighted by atomic mass is 35.5. The Balaban J connectivity index is 0.00000400. The van der Waals surface area contributed by atoms with Crippen LogP contribution in [0.5, 0.6) is 5.75 Å². The van der Waals surface area contributed by atoms with Crippen molar-refractivity contribution in [2.75, 3.05) is 32.1 Å². The molecule has 1 rings (SSSR count). The van der Waals surface area contributed by atoms with Crippen molar-refractivity contribution in [3.8, 4) is 5.75 Å². The van der Waals surface area contributed by atoms with Gasteiger partial charge in [0.15, 0.2) is 0 Å². The maximum atomic E-state index is 11.7. The molecule has 6 heteroatoms. The second-order valence-electron chi connectivity index (χ2n) is 4.86. The van der Waals surface area contributed by atoms with Gasteiger partial charge in [-0.15, -0.1) is 12.4 Å². The van der Waals surface area contributed by atoms with E-state index in [9.17, 15) is 4.79 Å². The number of anilines is 1. The third kappa shape index (κ3) is 7.90. The van der Waals surface area contributed by atoms with Crippen LogP contribution in [0.4, 0.5) is 5.69 Å². The first kappa shape index (κ1) is 19.7. The molecular weight excluding hydrogens is 292 g/mol. The lowest BCUT2D eigenvalue weighted by Crippen LogP contribution is -2.30. The van der Waals surface area contributed by atoms with Crippen molar-refractivity contribution in [1.29, 1.82) is 0 Å². The summed E-state index contributed by atoms with van der Waals surface area (Å²) in [7, 11) is 1.63. The first-order chi connectivity index (χ1) is 9.52. The monoisotopic (exact) mass is 316 g/mol. The minimum Gasteiger partial charge on any atom is -0.491 e. The molecule has 0 saturated carbocycles. The van der Waals surface area contributed by atoms with Crippen molar-refractivity contribution in [1.82, 2.24) is 5.32 Å². The zero-order valence-electron chi connectivity index (χ0n) is 13.1. The second kappa shape index (κ2) is 10.4. The number of rotatable bonds is 8. The van der Waals surface area contributed by atoms with Crippen LogP contribution in [-0.2, 0) is 9.53 Å². The zero-order valence-corrected chi connectivity index (χ0v) is 13.9. The number of halogens is 1. The number of carbonyl (C=O) groups excluding carboxylic acids is 1. The van der Waals surface area contributed by atoms with Gasteiger partial charge in [-0.25, -0.2) is 0 Å². The number of ether oxygens (including phenoxy) is 2. The van der Waals surface area contributed by atoms with Crippen LogP contribution in [0.2, 0.25) is 0 Å². The molecule has 0 spiro atoms. The first-order valence-corrected chi connectivity index (χ1v) is 6.79. The van der Waals surface area contributed by atoms with E-state index < -0.39 is 0 Å². The average molecular weight is 317 g/mol. The summed E-state index contributed by atoms with van der Waals surface area (Å²) in [6.45, 7) is 7.45. The Morgan fingerprint density at radius 2 is 2.05 bits per heavy atom. The minimum absolute atomic E-state index is 0. The average Bonchev–Trinajstić information content (AvgIpc) is 2.37. The Hall–Kier alpha value is -1.30. The van der Waals surface area contributed by atoms with E-state index in [1.807, 2.05) is 39.0 Å². The van der Waals surface area contributed by atoms with Gasteiger partial charge in [0, 0.05) is 19.3 Å². The van der Waals surface area contributed by atoms with Crippen LogP contribution in [0.25, 0.3) is 0 Å². The molecule has 1 amide bonds. The number of nitrogens with one attached hydrogen (secondary N) is 2. The van der Waals surface area contributed by atoms with Gasteiger partial charge in [-0.2, -0.15) is 0 Å². The summed E-state index contributed by atoms with van der Waals surface area (Å²) >= 11 is 0. The molecule has 0 saturated heterocycles. The number of carbonyl (C=O) groups is 1. The summed E-state index contributed by atoms with van der Waals surface area (Å²) in [6, 6.07) is 5.63. The molecule has 0 aliphatic rings. The predicted octanol–water partition coefficient (Wildman–Crippen LogP) is 2.38. The van der Waals surface area contributed by atoms with Gasteiger partial charge >= 0.3 is 0 Å². The molecule has 0 aliphatic heterocycles. The van der Waals surface area contributed by atoms with Crippen molar-refractivity contribution >= 4 is 24.0 Å². The van der Waals surface area contributed by atoms with Gasteiger partial charge in [0.05, 0.1) is 19.3 Å². The molecule has 0 bridgehead atoms. The Bertz CT molecular complexity index is 439. The summed E-state index contributed by atoms with van der Waals surface area (Å²) in [4.78, 5) is 11.7. The zero-order chi connectivity index (χ0) is 15.0. The fourth-order valence-corrected chi connectivity index (χ4v) is 1.69. The highest BCUT2D eigenvalue weighted by Crippen LogP contribution is 2.22. The van der Waals surface area contributed by atoms with Crippen LogP contribution in [-0.4, -0.2) is 38.8 Å². The third-order valence-electron chi connectivity index (χ3n) is 2.59. The molecular formula is C15H25ClN2O3. The normalized spacial score (nSPS) is 10.1. The molecule has 120 valence electrons. The van der Waals surface area contributed by atoms with E-state index in [0.29, 0.717) is 13.2 Å². The van der Waals surface area contributed by atoms with E-state index in [1.165, 1.54) is 0 Å². The minimum atomic E-state index is -0.0713. The summed E-state index contributed by atoms with van der Waals surface area (Å²) in [5.74, 6) is 0.772. The van der Waals surface area contributed by atoms with Crippen molar-refractivity contribution in [2.24, 2.45) is 0 Å². The van der Waals surface area contributed by atoms with E-state index in [2.05, 4.69) is 10.6 Å². The lowest BCUT2D eigenvalue weighted by atomic mass is 10.2. The molecule has 2 N–H and O–H groups in total. The Morgan fingerprint density at radius 3 is 2.62 bits per heavy atom. The summed E-state index contributed by atoms with van der Waals surface area (Å²) < 4.78 is 10.6. The molecule has 5 nitrogen and oxygen atoms in total. The molecule has 1 aromatic rings. The Morgan fingerprint density at radius 1 is 1.33 bits per heavy atom. The SMILES string of the molecule is COCCNCC(=O)Nc1ccc(OC(C)C)c(C)c1.Cl. The fraction of sp³-hybridized carbons (Fsp3) is 0.533. The largest absolute Gasteiger partial charge is 0.491 e. The molecule has 0 aliphatic carbocycles. The van der Waals surface area contributed by atoms with E-state index in [1.54, 1.807) is 7.11 Å². The lowest BCUT2D eigenvalue weighted by Gasteiger charge is -2.14. The molecule has 0 atom stereocenters. The molecule has 0 fully saturated rings. The van der Waals surface area contributed by atoms with Crippen molar-refractivity contribution in [3.05, 3.63) is 23.8 Å². The third-order valence-corrected chi connectivity index (χ3v) is 2.59. The second-order valence-corrected chi connectivity index (χ2v) is 4.86. The van der Waals surface area contributed by atoms with E-state index in [0.717, 1.165) is 17.0 Å². The standard InChI is InChI=1S/C15H24N2O3.ClH/c1-11(2)20-14-6-5-13(9-12(14)3)17-15(18)10-16-7-8-19-4;/h5-6,9,11,16H,7-8,10H2,1-4H3,(H,17,18);1H. The van der Waals surface area contributed by atoms with Gasteiger partial charge in [0.25, 0.3) is 0 Å². The Kier molecular flexibility index (Phi) is 9.78. The van der Waals surface area contributed by atoms with Gasteiger partial charge in [0.1, 0.15) is 5.75 Å². The summed E-state index contributed by atoms with van der Waals surface area (Å²) in [5.41, 5.74) is 1.78. The quantitative estimate of drug-likeness (QED) is 0.723. The smallest absolute Gasteiger partial charge is 0.238 e. The molecule has 0 aromatic heterocycles. The number of hydrogen-bond donors (Lipinski definition) is 2. The number of aryl methyl sites for hydroxylation is 1. The summed E-state index contributed by atoms with van der Waals surface area (Å²) in [6.07, 6.45) is 0.138. The van der Waals surface area contributed by atoms with Gasteiger partial charge in [-0.1, -0.05) is 0 Å². The van der Waals surface area contributed by atoms with Gasteiger partial charge < -0.3 is 20.1 Å². The topological polar surface area (TPSA) is 59.6 Å². The molecule has 0 unspecified atom stereocenters. The van der Waals surface area contributed by atoms with Crippen LogP contribution in [0.3, 0.4) is 0 Å². The van der Waals surface area contributed by atoms with Crippen LogP contribution in [0.15, 0.2) is 18.2 Å². The first-order valence-electron chi connectivity index (χ1n) is 6.79. The van der Waals surface area contributed by atoms with Gasteiger partial charge in [-0.05, 0) is 44.5 Å². The van der Waals surface area contributed by atoms with Crippen LogP contribution < -0.4 is 15.4 Å².